The summed E-state index contributed by atoms with van der Waals surface area (Å²) < 4.78 is 48.9. The van der Waals surface area contributed by atoms with E-state index in [9.17, 15) is 17.2 Å². The molecule has 0 saturated heterocycles. The molecule has 0 amide bonds. The molecule has 2 N–H and O–H groups in total. The first-order chi connectivity index (χ1) is 8.43. The standard InChI is InChI=1S/C11H16F2N2O2S/c1-2-7-15(18(16,17)11(12)13)10-5-3-9(8-14)4-6-10/h3-6,11H,2,7-8,14H2,1H3. The van der Waals surface area contributed by atoms with Crippen LogP contribution >= 0.6 is 0 Å². The monoisotopic (exact) mass is 278 g/mol. The van der Waals surface area contributed by atoms with Crippen molar-refractivity contribution >= 4 is 15.7 Å². The number of nitrogens with two attached hydrogens (primary N) is 1. The van der Waals surface area contributed by atoms with Crippen molar-refractivity contribution in [2.45, 2.75) is 25.6 Å². The van der Waals surface area contributed by atoms with Gasteiger partial charge in [0.1, 0.15) is 0 Å². The van der Waals surface area contributed by atoms with E-state index in [1.54, 1.807) is 19.1 Å². The zero-order valence-electron chi connectivity index (χ0n) is 10.0. The molecule has 4 nitrogen and oxygen atoms in total. The normalized spacial score (nSPS) is 11.8. The van der Waals surface area contributed by atoms with Gasteiger partial charge in [0.05, 0.1) is 5.69 Å². The average molecular weight is 278 g/mol. The van der Waals surface area contributed by atoms with Crippen molar-refractivity contribution in [2.24, 2.45) is 5.73 Å². The van der Waals surface area contributed by atoms with E-state index in [2.05, 4.69) is 0 Å². The van der Waals surface area contributed by atoms with Crippen LogP contribution in [0.15, 0.2) is 24.3 Å². The van der Waals surface area contributed by atoms with Gasteiger partial charge in [-0.05, 0) is 24.1 Å². The maximum absolute atomic E-state index is 12.6. The zero-order valence-corrected chi connectivity index (χ0v) is 10.8. The molecule has 0 saturated carbocycles. The van der Waals surface area contributed by atoms with E-state index in [1.165, 1.54) is 12.1 Å². The lowest BCUT2D eigenvalue weighted by Crippen LogP contribution is -2.36. The van der Waals surface area contributed by atoms with E-state index < -0.39 is 15.8 Å². The Kier molecular flexibility index (Phi) is 5.03. The molecular weight excluding hydrogens is 262 g/mol. The van der Waals surface area contributed by atoms with E-state index in [-0.39, 0.29) is 12.2 Å². The van der Waals surface area contributed by atoms with Gasteiger partial charge >= 0.3 is 5.76 Å². The van der Waals surface area contributed by atoms with Crippen LogP contribution in [0.25, 0.3) is 0 Å². The minimum absolute atomic E-state index is 0.0225. The molecule has 1 aromatic carbocycles. The number of hydrogen-bond donors (Lipinski definition) is 1. The lowest BCUT2D eigenvalue weighted by atomic mass is 10.2. The molecule has 0 aliphatic carbocycles. The van der Waals surface area contributed by atoms with Gasteiger partial charge in [-0.25, -0.2) is 8.42 Å². The summed E-state index contributed by atoms with van der Waals surface area (Å²) in [6.07, 6.45) is 0.449. The average Bonchev–Trinajstić information content (AvgIpc) is 2.35. The molecule has 1 rings (SSSR count). The minimum Gasteiger partial charge on any atom is -0.326 e. The maximum atomic E-state index is 12.6. The summed E-state index contributed by atoms with van der Waals surface area (Å²) in [6, 6.07) is 6.22. The van der Waals surface area contributed by atoms with Gasteiger partial charge < -0.3 is 5.73 Å². The highest BCUT2D eigenvalue weighted by atomic mass is 32.2. The molecule has 0 radical (unpaired) electrons. The lowest BCUT2D eigenvalue weighted by molar-refractivity contribution is 0.234. The highest BCUT2D eigenvalue weighted by Gasteiger charge is 2.31. The Balaban J connectivity index is 3.12. The largest absolute Gasteiger partial charge is 0.355 e. The molecule has 102 valence electrons. The molecule has 0 fully saturated rings. The van der Waals surface area contributed by atoms with Crippen LogP contribution in [0.1, 0.15) is 18.9 Å². The third kappa shape index (κ3) is 3.17. The fraction of sp³-hybridized carbons (Fsp3) is 0.455. The molecule has 7 heteroatoms. The Labute approximate surface area is 105 Å². The number of anilines is 1. The third-order valence-electron chi connectivity index (χ3n) is 2.42. The van der Waals surface area contributed by atoms with Gasteiger partial charge in [0.15, 0.2) is 0 Å². The highest BCUT2D eigenvalue weighted by Crippen LogP contribution is 2.22. The van der Waals surface area contributed by atoms with Crippen molar-refractivity contribution in [3.8, 4) is 0 Å². The van der Waals surface area contributed by atoms with Crippen LogP contribution in [-0.4, -0.2) is 20.7 Å². The summed E-state index contributed by atoms with van der Waals surface area (Å²) in [4.78, 5) is 0. The van der Waals surface area contributed by atoms with Crippen LogP contribution in [0.3, 0.4) is 0 Å². The molecule has 1 aromatic rings. The molecule has 0 atom stereocenters. The van der Waals surface area contributed by atoms with E-state index >= 15 is 0 Å². The van der Waals surface area contributed by atoms with Crippen LogP contribution in [0, 0.1) is 0 Å². The molecule has 0 unspecified atom stereocenters. The lowest BCUT2D eigenvalue weighted by Gasteiger charge is -2.23. The molecule has 18 heavy (non-hydrogen) atoms. The molecule has 0 bridgehead atoms. The molecular formula is C11H16F2N2O2S. The SMILES string of the molecule is CCCN(c1ccc(CN)cc1)S(=O)(=O)C(F)F. The van der Waals surface area contributed by atoms with Crippen LogP contribution < -0.4 is 10.0 Å². The second-order valence-electron chi connectivity index (χ2n) is 3.75. The zero-order chi connectivity index (χ0) is 13.8. The van der Waals surface area contributed by atoms with Gasteiger partial charge in [-0.1, -0.05) is 19.1 Å². The topological polar surface area (TPSA) is 63.4 Å². The first-order valence-corrected chi connectivity index (χ1v) is 7.02. The predicted octanol–water partition coefficient (Wildman–Crippen LogP) is 1.91. The van der Waals surface area contributed by atoms with Gasteiger partial charge in [0, 0.05) is 13.1 Å². The fourth-order valence-corrected chi connectivity index (χ4v) is 2.55. The van der Waals surface area contributed by atoms with E-state index in [1.807, 2.05) is 0 Å². The van der Waals surface area contributed by atoms with Crippen molar-refractivity contribution in [1.82, 2.24) is 0 Å². The summed E-state index contributed by atoms with van der Waals surface area (Å²) in [6.45, 7) is 2.06. The number of rotatable bonds is 6. The Bertz CT molecular complexity index is 474. The van der Waals surface area contributed by atoms with Crippen LogP contribution in [0.5, 0.6) is 0 Å². The van der Waals surface area contributed by atoms with Crippen molar-refractivity contribution in [2.75, 3.05) is 10.8 Å². The van der Waals surface area contributed by atoms with E-state index in [4.69, 9.17) is 5.73 Å². The van der Waals surface area contributed by atoms with Crippen molar-refractivity contribution < 1.29 is 17.2 Å². The van der Waals surface area contributed by atoms with Gasteiger partial charge in [-0.2, -0.15) is 8.78 Å². The van der Waals surface area contributed by atoms with E-state index in [0.717, 1.165) is 9.87 Å². The third-order valence-corrected chi connectivity index (χ3v) is 3.88. The molecule has 0 spiro atoms. The maximum Gasteiger partial charge on any atom is 0.355 e. The molecule has 0 aliphatic rings. The second-order valence-corrected chi connectivity index (χ2v) is 5.58. The first-order valence-electron chi connectivity index (χ1n) is 5.52. The molecule has 0 aromatic heterocycles. The number of sulfonamides is 1. The van der Waals surface area contributed by atoms with Gasteiger partial charge in [0.25, 0.3) is 10.0 Å². The predicted molar refractivity (Wildman–Crippen MR) is 66.9 cm³/mol. The summed E-state index contributed by atoms with van der Waals surface area (Å²) in [7, 11) is -4.61. The summed E-state index contributed by atoms with van der Waals surface area (Å²) in [5.74, 6) is -3.42. The number of alkyl halides is 2. The van der Waals surface area contributed by atoms with Gasteiger partial charge in [-0.3, -0.25) is 4.31 Å². The van der Waals surface area contributed by atoms with Crippen LogP contribution in [-0.2, 0) is 16.6 Å². The van der Waals surface area contributed by atoms with Crippen LogP contribution in [0.4, 0.5) is 14.5 Å². The van der Waals surface area contributed by atoms with Crippen LogP contribution in [0.2, 0.25) is 0 Å². The number of benzene rings is 1. The quantitative estimate of drug-likeness (QED) is 0.864. The fourth-order valence-electron chi connectivity index (χ4n) is 1.50. The number of hydrogen-bond acceptors (Lipinski definition) is 3. The Morgan fingerprint density at radius 1 is 1.28 bits per heavy atom. The summed E-state index contributed by atoms with van der Waals surface area (Å²) >= 11 is 0. The van der Waals surface area contributed by atoms with Gasteiger partial charge in [0.2, 0.25) is 0 Å². The number of halogens is 2. The Morgan fingerprint density at radius 3 is 2.22 bits per heavy atom. The summed E-state index contributed by atoms with van der Waals surface area (Å²) in [5, 5.41) is 0. The van der Waals surface area contributed by atoms with Crippen molar-refractivity contribution in [3.05, 3.63) is 29.8 Å². The Hall–Kier alpha value is -1.21. The van der Waals surface area contributed by atoms with Crippen molar-refractivity contribution in [1.29, 1.82) is 0 Å². The van der Waals surface area contributed by atoms with Gasteiger partial charge in [-0.15, -0.1) is 0 Å². The minimum atomic E-state index is -4.61. The van der Waals surface area contributed by atoms with E-state index in [0.29, 0.717) is 13.0 Å². The number of nitrogens with zero attached hydrogens (tertiary/aromatic N) is 1. The van der Waals surface area contributed by atoms with Crippen molar-refractivity contribution in [3.63, 3.8) is 0 Å². The first kappa shape index (κ1) is 14.8. The molecule has 0 heterocycles. The molecule has 0 aliphatic heterocycles. The highest BCUT2D eigenvalue weighted by molar-refractivity contribution is 7.93. The smallest absolute Gasteiger partial charge is 0.326 e. The summed E-state index contributed by atoms with van der Waals surface area (Å²) in [5.41, 5.74) is 6.46. The second kappa shape index (κ2) is 6.10. The Morgan fingerprint density at radius 2 is 1.83 bits per heavy atom.